The van der Waals surface area contributed by atoms with Gasteiger partial charge in [-0.05, 0) is 5.92 Å². The summed E-state index contributed by atoms with van der Waals surface area (Å²) in [6.45, 7) is 11.0. The number of nitrogens with zero attached hydrogens (tertiary/aromatic N) is 3. The Kier molecular flexibility index (Phi) is 7.24. The Morgan fingerprint density at radius 3 is 2.50 bits per heavy atom. The second-order valence-electron chi connectivity index (χ2n) is 5.68. The lowest BCUT2D eigenvalue weighted by atomic mass is 10.1. The molecule has 0 bridgehead atoms. The standard InChI is InChI=1S/C15H26ClN3O/c1-11(2)10-19(6-7-20-5)14-9-17-15(12(3)4)18-13(14)8-16/h9,11-12H,6-8,10H2,1-5H3. The van der Waals surface area contributed by atoms with E-state index in [1.807, 2.05) is 6.20 Å². The van der Waals surface area contributed by atoms with Gasteiger partial charge in [0.2, 0.25) is 0 Å². The van der Waals surface area contributed by atoms with Gasteiger partial charge >= 0.3 is 0 Å². The van der Waals surface area contributed by atoms with Crippen LogP contribution in [0.2, 0.25) is 0 Å². The Labute approximate surface area is 127 Å². The van der Waals surface area contributed by atoms with Gasteiger partial charge < -0.3 is 9.64 Å². The average Bonchev–Trinajstić information content (AvgIpc) is 2.42. The van der Waals surface area contributed by atoms with Gasteiger partial charge in [-0.25, -0.2) is 9.97 Å². The number of rotatable bonds is 8. The van der Waals surface area contributed by atoms with Crippen LogP contribution in [0.1, 0.15) is 45.1 Å². The molecule has 114 valence electrons. The Morgan fingerprint density at radius 1 is 1.30 bits per heavy atom. The van der Waals surface area contributed by atoms with Crippen molar-refractivity contribution in [2.75, 3.05) is 31.7 Å². The van der Waals surface area contributed by atoms with Crippen LogP contribution in [0.15, 0.2) is 6.20 Å². The SMILES string of the molecule is COCCN(CC(C)C)c1cnc(C(C)C)nc1CCl. The van der Waals surface area contributed by atoms with E-state index in [0.29, 0.717) is 24.3 Å². The molecule has 0 saturated carbocycles. The second kappa shape index (κ2) is 8.42. The molecule has 5 heteroatoms. The van der Waals surface area contributed by atoms with E-state index in [0.717, 1.165) is 30.3 Å². The lowest BCUT2D eigenvalue weighted by Crippen LogP contribution is -2.32. The van der Waals surface area contributed by atoms with E-state index in [2.05, 4.69) is 42.6 Å². The van der Waals surface area contributed by atoms with Crippen LogP contribution in [0, 0.1) is 5.92 Å². The number of anilines is 1. The van der Waals surface area contributed by atoms with E-state index >= 15 is 0 Å². The van der Waals surface area contributed by atoms with E-state index < -0.39 is 0 Å². The third-order valence-corrected chi connectivity index (χ3v) is 3.25. The molecular weight excluding hydrogens is 274 g/mol. The van der Waals surface area contributed by atoms with Gasteiger partial charge in [-0.2, -0.15) is 0 Å². The van der Waals surface area contributed by atoms with E-state index in [1.54, 1.807) is 7.11 Å². The highest BCUT2D eigenvalue weighted by Crippen LogP contribution is 2.22. The fraction of sp³-hybridized carbons (Fsp3) is 0.733. The fourth-order valence-corrected chi connectivity index (χ4v) is 2.22. The first-order chi connectivity index (χ1) is 9.49. The lowest BCUT2D eigenvalue weighted by Gasteiger charge is -2.27. The smallest absolute Gasteiger partial charge is 0.131 e. The highest BCUT2D eigenvalue weighted by molar-refractivity contribution is 6.17. The number of aromatic nitrogens is 2. The molecule has 1 aromatic rings. The fourth-order valence-electron chi connectivity index (χ4n) is 2.02. The number of alkyl halides is 1. The largest absolute Gasteiger partial charge is 0.383 e. The topological polar surface area (TPSA) is 38.2 Å². The summed E-state index contributed by atoms with van der Waals surface area (Å²) in [5.41, 5.74) is 1.93. The Morgan fingerprint density at radius 2 is 2.00 bits per heavy atom. The molecular formula is C15H26ClN3O. The van der Waals surface area contributed by atoms with Crippen molar-refractivity contribution in [1.29, 1.82) is 0 Å². The van der Waals surface area contributed by atoms with Gasteiger partial charge in [0.05, 0.1) is 30.1 Å². The maximum atomic E-state index is 6.08. The minimum absolute atomic E-state index is 0.309. The van der Waals surface area contributed by atoms with Crippen molar-refractivity contribution in [3.63, 3.8) is 0 Å². The highest BCUT2D eigenvalue weighted by atomic mass is 35.5. The van der Waals surface area contributed by atoms with E-state index in [-0.39, 0.29) is 0 Å². The highest BCUT2D eigenvalue weighted by Gasteiger charge is 2.16. The van der Waals surface area contributed by atoms with Crippen LogP contribution in [-0.2, 0) is 10.6 Å². The maximum absolute atomic E-state index is 6.08. The molecule has 4 nitrogen and oxygen atoms in total. The summed E-state index contributed by atoms with van der Waals surface area (Å²) in [5.74, 6) is 2.11. The molecule has 0 atom stereocenters. The van der Waals surface area contributed by atoms with E-state index in [9.17, 15) is 0 Å². The molecule has 0 aliphatic carbocycles. The maximum Gasteiger partial charge on any atom is 0.131 e. The second-order valence-corrected chi connectivity index (χ2v) is 5.95. The minimum atomic E-state index is 0.309. The molecule has 0 saturated heterocycles. The molecule has 0 fully saturated rings. The molecule has 1 aromatic heterocycles. The number of ether oxygens (including phenoxy) is 1. The number of hydrogen-bond donors (Lipinski definition) is 0. The van der Waals surface area contributed by atoms with Gasteiger partial charge in [0.25, 0.3) is 0 Å². The third-order valence-electron chi connectivity index (χ3n) is 3.00. The Balaban J connectivity index is 3.04. The predicted molar refractivity (Wildman–Crippen MR) is 84.6 cm³/mol. The molecule has 0 aromatic carbocycles. The third kappa shape index (κ3) is 4.91. The number of hydrogen-bond acceptors (Lipinski definition) is 4. The van der Waals surface area contributed by atoms with Crippen molar-refractivity contribution in [2.45, 2.75) is 39.5 Å². The molecule has 1 heterocycles. The molecule has 20 heavy (non-hydrogen) atoms. The zero-order valence-electron chi connectivity index (χ0n) is 13.2. The van der Waals surface area contributed by atoms with Crippen molar-refractivity contribution in [1.82, 2.24) is 9.97 Å². The zero-order chi connectivity index (χ0) is 15.1. The Hall–Kier alpha value is -0.870. The average molecular weight is 300 g/mol. The number of halogens is 1. The molecule has 1 rings (SSSR count). The quantitative estimate of drug-likeness (QED) is 0.689. The van der Waals surface area contributed by atoms with Crippen molar-refractivity contribution >= 4 is 17.3 Å². The Bertz CT molecular complexity index is 410. The monoisotopic (exact) mass is 299 g/mol. The minimum Gasteiger partial charge on any atom is -0.383 e. The van der Waals surface area contributed by atoms with Crippen LogP contribution in [-0.4, -0.2) is 36.8 Å². The first kappa shape index (κ1) is 17.2. The predicted octanol–water partition coefficient (Wildman–Crippen LogP) is 3.45. The zero-order valence-corrected chi connectivity index (χ0v) is 13.9. The lowest BCUT2D eigenvalue weighted by molar-refractivity contribution is 0.204. The summed E-state index contributed by atoms with van der Waals surface area (Å²) in [6, 6.07) is 0. The first-order valence-electron chi connectivity index (χ1n) is 7.15. The van der Waals surface area contributed by atoms with Crippen molar-refractivity contribution in [2.24, 2.45) is 5.92 Å². The normalized spacial score (nSPS) is 11.4. The van der Waals surface area contributed by atoms with Crippen molar-refractivity contribution in [3.05, 3.63) is 17.7 Å². The molecule has 0 aliphatic rings. The summed E-state index contributed by atoms with van der Waals surface area (Å²) in [5, 5.41) is 0. The summed E-state index contributed by atoms with van der Waals surface area (Å²) in [4.78, 5) is 11.3. The van der Waals surface area contributed by atoms with Crippen LogP contribution in [0.5, 0.6) is 0 Å². The van der Waals surface area contributed by atoms with Gasteiger partial charge in [0.15, 0.2) is 0 Å². The van der Waals surface area contributed by atoms with Crippen LogP contribution in [0.25, 0.3) is 0 Å². The van der Waals surface area contributed by atoms with Gasteiger partial charge in [-0.1, -0.05) is 27.7 Å². The molecule has 0 aliphatic heterocycles. The van der Waals surface area contributed by atoms with Crippen molar-refractivity contribution in [3.8, 4) is 0 Å². The van der Waals surface area contributed by atoms with Crippen LogP contribution in [0.4, 0.5) is 5.69 Å². The summed E-state index contributed by atoms with van der Waals surface area (Å²) >= 11 is 6.08. The molecule has 0 amide bonds. The van der Waals surface area contributed by atoms with E-state index in [1.165, 1.54) is 0 Å². The first-order valence-corrected chi connectivity index (χ1v) is 7.68. The van der Waals surface area contributed by atoms with Crippen LogP contribution >= 0.6 is 11.6 Å². The molecule has 0 unspecified atom stereocenters. The molecule has 0 N–H and O–H groups in total. The van der Waals surface area contributed by atoms with E-state index in [4.69, 9.17) is 16.3 Å². The van der Waals surface area contributed by atoms with Gasteiger partial charge in [-0.3, -0.25) is 0 Å². The van der Waals surface area contributed by atoms with Crippen LogP contribution in [0.3, 0.4) is 0 Å². The summed E-state index contributed by atoms with van der Waals surface area (Å²) in [6.07, 6.45) is 1.90. The van der Waals surface area contributed by atoms with Gasteiger partial charge in [0, 0.05) is 26.1 Å². The molecule has 0 radical (unpaired) electrons. The number of methoxy groups -OCH3 is 1. The summed E-state index contributed by atoms with van der Waals surface area (Å²) < 4.78 is 5.20. The van der Waals surface area contributed by atoms with Crippen molar-refractivity contribution < 1.29 is 4.74 Å². The molecule has 0 spiro atoms. The van der Waals surface area contributed by atoms with Gasteiger partial charge in [0.1, 0.15) is 5.82 Å². The summed E-state index contributed by atoms with van der Waals surface area (Å²) in [7, 11) is 1.72. The van der Waals surface area contributed by atoms with Gasteiger partial charge in [-0.15, -0.1) is 11.6 Å². The van der Waals surface area contributed by atoms with Crippen LogP contribution < -0.4 is 4.90 Å².